The topological polar surface area (TPSA) is 79.2 Å². The summed E-state index contributed by atoms with van der Waals surface area (Å²) in [5, 5.41) is 18.7. The fourth-order valence-corrected chi connectivity index (χ4v) is 2.00. The number of aliphatic hydroxyl groups is 2. The van der Waals surface area contributed by atoms with Crippen molar-refractivity contribution < 1.29 is 24.4 Å². The Morgan fingerprint density at radius 3 is 2.29 bits per heavy atom. The van der Waals surface area contributed by atoms with Gasteiger partial charge in [-0.3, -0.25) is 0 Å². The zero-order valence-corrected chi connectivity index (χ0v) is 9.94. The Kier molecular flexibility index (Phi) is 4.38. The summed E-state index contributed by atoms with van der Waals surface area (Å²) in [6, 6.07) is 0. The molecular weight excluding hydrogens is 254 g/mol. The number of hydrogen-bond donors (Lipinski definition) is 3. The van der Waals surface area contributed by atoms with Gasteiger partial charge in [-0.2, -0.15) is 0 Å². The summed E-state index contributed by atoms with van der Waals surface area (Å²) in [6.45, 7) is 1.48. The Balaban J connectivity index is 2.40. The van der Waals surface area contributed by atoms with E-state index in [1.165, 1.54) is 0 Å². The number of halogens is 2. The Morgan fingerprint density at radius 2 is 1.93 bits per heavy atom. The van der Waals surface area contributed by atoms with Crippen LogP contribution in [0.4, 0.5) is 0 Å². The van der Waals surface area contributed by atoms with Gasteiger partial charge >= 0.3 is 91.2 Å². The number of rotatable bonds is 3. The van der Waals surface area contributed by atoms with Crippen LogP contribution in [0.5, 0.6) is 0 Å². The Labute approximate surface area is 91.6 Å². The first-order valence-corrected chi connectivity index (χ1v) is 7.95. The summed E-state index contributed by atoms with van der Waals surface area (Å²) in [5.41, 5.74) is 0. The van der Waals surface area contributed by atoms with Gasteiger partial charge in [0.25, 0.3) is 0 Å². The van der Waals surface area contributed by atoms with E-state index in [2.05, 4.69) is 0 Å². The van der Waals surface area contributed by atoms with Crippen molar-refractivity contribution >= 4 is 28.9 Å². The minimum absolute atomic E-state index is 0.141. The summed E-state index contributed by atoms with van der Waals surface area (Å²) in [6.07, 6.45) is -6.81. The molecule has 14 heavy (non-hydrogen) atoms. The van der Waals surface area contributed by atoms with Crippen LogP contribution < -0.4 is 0 Å². The van der Waals surface area contributed by atoms with Gasteiger partial charge in [0, 0.05) is 0 Å². The molecular formula is C6H13Cl2O5P. The van der Waals surface area contributed by atoms with Crippen molar-refractivity contribution in [3.05, 3.63) is 0 Å². The first kappa shape index (κ1) is 12.9. The fourth-order valence-electron chi connectivity index (χ4n) is 1.25. The molecule has 1 aliphatic heterocycles. The Bertz CT molecular complexity index is 199. The molecule has 1 unspecified atom stereocenters. The van der Waals surface area contributed by atoms with Gasteiger partial charge in [-0.05, 0) is 0 Å². The maximum atomic E-state index is 9.42. The van der Waals surface area contributed by atoms with Gasteiger partial charge < -0.3 is 0 Å². The molecule has 0 aromatic carbocycles. The van der Waals surface area contributed by atoms with Gasteiger partial charge in [0.05, 0.1) is 0 Å². The first-order valence-electron chi connectivity index (χ1n) is 4.07. The average molecular weight is 267 g/mol. The predicted octanol–water partition coefficient (Wildman–Crippen LogP) is 0.392. The third-order valence-electron chi connectivity index (χ3n) is 2.02. The van der Waals surface area contributed by atoms with Gasteiger partial charge in [0.15, 0.2) is 0 Å². The van der Waals surface area contributed by atoms with Crippen LogP contribution in [0.1, 0.15) is 6.92 Å². The minimum atomic E-state index is -3.63. The van der Waals surface area contributed by atoms with Crippen molar-refractivity contribution in [2.75, 3.05) is 6.61 Å². The number of ether oxygens (including phenoxy) is 1. The van der Waals surface area contributed by atoms with Gasteiger partial charge in [-0.25, -0.2) is 0 Å². The first-order chi connectivity index (χ1) is 6.31. The van der Waals surface area contributed by atoms with Crippen LogP contribution in [-0.4, -0.2) is 46.1 Å². The molecule has 0 aliphatic carbocycles. The van der Waals surface area contributed by atoms with Crippen LogP contribution in [0.2, 0.25) is 0 Å². The van der Waals surface area contributed by atoms with Crippen LogP contribution in [0, 0.1) is 0 Å². The molecule has 0 saturated carbocycles. The van der Waals surface area contributed by atoms with Crippen molar-refractivity contribution in [1.29, 1.82) is 0 Å². The Hall–Kier alpha value is 0.810. The standard InChI is InChI=1S/C6H13Cl2O5P/c1-3-5(9)6(10)4(13-3)2-12-14(7,8)11/h3-6,9-11,14H,2H2,1H3/t3?,4-,5+,6-/m1/s1. The number of hydrogen-bond acceptors (Lipinski definition) is 5. The van der Waals surface area contributed by atoms with Crippen LogP contribution in [0.25, 0.3) is 0 Å². The second-order valence-electron chi connectivity index (χ2n) is 3.16. The fraction of sp³-hybridized carbons (Fsp3) is 1.00. The molecule has 86 valence electrons. The molecule has 0 radical (unpaired) electrons. The SMILES string of the molecule is CC1O[C@H](CO[PH](O)(Cl)Cl)[C@@H](O)[C@H]1O. The van der Waals surface area contributed by atoms with E-state index in [-0.39, 0.29) is 6.61 Å². The molecule has 5 nitrogen and oxygen atoms in total. The molecule has 0 amide bonds. The average Bonchev–Trinajstić information content (AvgIpc) is 2.28. The second-order valence-corrected chi connectivity index (χ2v) is 8.07. The molecule has 1 heterocycles. The summed E-state index contributed by atoms with van der Waals surface area (Å²) < 4.78 is 9.86. The van der Waals surface area contributed by atoms with E-state index >= 15 is 0 Å². The molecule has 0 aromatic heterocycles. The van der Waals surface area contributed by atoms with E-state index in [0.717, 1.165) is 0 Å². The Morgan fingerprint density at radius 1 is 1.36 bits per heavy atom. The summed E-state index contributed by atoms with van der Waals surface area (Å²) >= 11 is 10.5. The van der Waals surface area contributed by atoms with Crippen LogP contribution in [-0.2, 0) is 9.26 Å². The van der Waals surface area contributed by atoms with Gasteiger partial charge in [0.2, 0.25) is 0 Å². The third kappa shape index (κ3) is 3.43. The van der Waals surface area contributed by atoms with E-state index in [4.69, 9.17) is 36.6 Å². The molecule has 8 heteroatoms. The van der Waals surface area contributed by atoms with E-state index in [9.17, 15) is 10.2 Å². The summed E-state index contributed by atoms with van der Waals surface area (Å²) in [7, 11) is 0. The van der Waals surface area contributed by atoms with Gasteiger partial charge in [-0.15, -0.1) is 0 Å². The molecule has 1 saturated heterocycles. The second kappa shape index (κ2) is 4.76. The third-order valence-corrected chi connectivity index (χ3v) is 3.19. The zero-order chi connectivity index (χ0) is 10.9. The van der Waals surface area contributed by atoms with Gasteiger partial charge in [-0.1, -0.05) is 0 Å². The van der Waals surface area contributed by atoms with Crippen molar-refractivity contribution in [1.82, 2.24) is 0 Å². The van der Waals surface area contributed by atoms with Crippen molar-refractivity contribution in [3.63, 3.8) is 0 Å². The maximum absolute atomic E-state index is 9.42. The van der Waals surface area contributed by atoms with Crippen molar-refractivity contribution in [2.24, 2.45) is 0 Å². The van der Waals surface area contributed by atoms with Gasteiger partial charge in [0.1, 0.15) is 0 Å². The zero-order valence-electron chi connectivity index (χ0n) is 7.43. The molecule has 3 N–H and O–H groups in total. The normalized spacial score (nSPS) is 40.1. The summed E-state index contributed by atoms with van der Waals surface area (Å²) in [4.78, 5) is 8.94. The molecule has 0 bridgehead atoms. The number of aliphatic hydroxyl groups excluding tert-OH is 2. The quantitative estimate of drug-likeness (QED) is 0.645. The van der Waals surface area contributed by atoms with Crippen LogP contribution in [0.3, 0.4) is 0 Å². The van der Waals surface area contributed by atoms with Crippen LogP contribution >= 0.6 is 28.9 Å². The molecule has 1 rings (SSSR count). The van der Waals surface area contributed by atoms with Crippen molar-refractivity contribution in [3.8, 4) is 0 Å². The molecule has 1 aliphatic rings. The van der Waals surface area contributed by atoms with E-state index in [0.29, 0.717) is 0 Å². The molecule has 0 spiro atoms. The molecule has 1 fully saturated rings. The van der Waals surface area contributed by atoms with E-state index in [1.807, 2.05) is 0 Å². The summed E-state index contributed by atoms with van der Waals surface area (Å²) in [5.74, 6) is 0. The molecule has 0 aromatic rings. The van der Waals surface area contributed by atoms with E-state index < -0.39 is 30.8 Å². The van der Waals surface area contributed by atoms with E-state index in [1.54, 1.807) is 6.92 Å². The monoisotopic (exact) mass is 266 g/mol. The van der Waals surface area contributed by atoms with Crippen molar-refractivity contribution in [2.45, 2.75) is 31.3 Å². The molecule has 4 atom stereocenters. The predicted molar refractivity (Wildman–Crippen MR) is 54.5 cm³/mol. The van der Waals surface area contributed by atoms with Crippen LogP contribution in [0.15, 0.2) is 0 Å².